The number of aromatic nitrogens is 1. The van der Waals surface area contributed by atoms with Crippen molar-refractivity contribution in [1.29, 1.82) is 5.26 Å². The zero-order valence-electron chi connectivity index (χ0n) is 16.2. The molecule has 10 heteroatoms. The van der Waals surface area contributed by atoms with Crippen molar-refractivity contribution in [2.45, 2.75) is 4.90 Å². The molecule has 2 aromatic carbocycles. The van der Waals surface area contributed by atoms with Gasteiger partial charge in [0.05, 0.1) is 16.1 Å². The summed E-state index contributed by atoms with van der Waals surface area (Å²) in [4.78, 5) is 16.2. The lowest BCUT2D eigenvalue weighted by atomic mass is 10.2. The minimum absolute atomic E-state index is 0.104. The number of rotatable bonds is 8. The second-order valence-electron chi connectivity index (χ2n) is 6.30. The predicted octanol–water partition coefficient (Wildman–Crippen LogP) is 2.74. The molecule has 0 saturated carbocycles. The molecule has 1 amide bonds. The molecule has 0 spiro atoms. The number of nitriles is 1. The molecule has 8 nitrogen and oxygen atoms in total. The Balaban J connectivity index is 1.56. The molecule has 0 saturated heterocycles. The molecular weight excluding hydrogens is 421 g/mol. The van der Waals surface area contributed by atoms with E-state index in [0.29, 0.717) is 17.9 Å². The maximum Gasteiger partial charge on any atom is 0.261 e. The monoisotopic (exact) mass is 439 g/mol. The molecule has 3 aromatic rings. The normalized spacial score (nSPS) is 10.7. The highest BCUT2D eigenvalue weighted by molar-refractivity contribution is 7.92. The predicted molar refractivity (Wildman–Crippen MR) is 113 cm³/mol. The number of nitrogens with zero attached hydrogens (tertiary/aromatic N) is 2. The summed E-state index contributed by atoms with van der Waals surface area (Å²) in [6.45, 7) is 0.603. The molecule has 0 aliphatic heterocycles. The summed E-state index contributed by atoms with van der Waals surface area (Å²) < 4.78 is 40.7. The van der Waals surface area contributed by atoms with Crippen LogP contribution in [0.2, 0.25) is 0 Å². The van der Waals surface area contributed by atoms with Gasteiger partial charge >= 0.3 is 0 Å². The summed E-state index contributed by atoms with van der Waals surface area (Å²) in [7, 11) is -4.00. The maximum absolute atomic E-state index is 13.7. The number of pyridine rings is 1. The number of halogens is 1. The van der Waals surface area contributed by atoms with E-state index in [1.807, 2.05) is 6.07 Å². The van der Waals surface area contributed by atoms with Crippen LogP contribution in [0.1, 0.15) is 15.9 Å². The van der Waals surface area contributed by atoms with Gasteiger partial charge in [-0.3, -0.25) is 9.52 Å². The number of nitrogens with one attached hydrogen (secondary N) is 3. The maximum atomic E-state index is 13.7. The molecule has 3 N–H and O–H groups in total. The van der Waals surface area contributed by atoms with Crippen LogP contribution in [-0.4, -0.2) is 32.4 Å². The summed E-state index contributed by atoms with van der Waals surface area (Å²) >= 11 is 0. The van der Waals surface area contributed by atoms with Gasteiger partial charge in [0.15, 0.2) is 0 Å². The molecule has 0 fully saturated rings. The first-order chi connectivity index (χ1) is 14.9. The fraction of sp³-hybridized carbons (Fsp3) is 0.0952. The Kier molecular flexibility index (Phi) is 6.79. The average Bonchev–Trinajstić information content (AvgIpc) is 2.78. The smallest absolute Gasteiger partial charge is 0.261 e. The lowest BCUT2D eigenvalue weighted by Crippen LogP contribution is -2.29. The van der Waals surface area contributed by atoms with Gasteiger partial charge in [-0.2, -0.15) is 5.26 Å². The molecule has 0 aliphatic rings. The highest BCUT2D eigenvalue weighted by atomic mass is 32.2. The van der Waals surface area contributed by atoms with Gasteiger partial charge in [-0.15, -0.1) is 0 Å². The number of hydrogen-bond donors (Lipinski definition) is 3. The Morgan fingerprint density at radius 3 is 2.48 bits per heavy atom. The van der Waals surface area contributed by atoms with E-state index in [4.69, 9.17) is 5.26 Å². The highest BCUT2D eigenvalue weighted by Gasteiger charge is 2.17. The Hall–Kier alpha value is -3.97. The lowest BCUT2D eigenvalue weighted by molar-refractivity contribution is 0.0955. The fourth-order valence-electron chi connectivity index (χ4n) is 2.63. The van der Waals surface area contributed by atoms with Crippen LogP contribution in [0.5, 0.6) is 0 Å². The van der Waals surface area contributed by atoms with Gasteiger partial charge in [0.2, 0.25) is 0 Å². The summed E-state index contributed by atoms with van der Waals surface area (Å²) in [6.07, 6.45) is 1.55. The number of carbonyl (C=O) groups is 1. The van der Waals surface area contributed by atoms with Gasteiger partial charge in [-0.05, 0) is 48.5 Å². The molecular formula is C21H18FN5O3S. The van der Waals surface area contributed by atoms with Crippen molar-refractivity contribution >= 4 is 27.4 Å². The zero-order chi connectivity index (χ0) is 22.3. The zero-order valence-corrected chi connectivity index (χ0v) is 17.0. The first-order valence-electron chi connectivity index (χ1n) is 9.15. The van der Waals surface area contributed by atoms with Crippen LogP contribution >= 0.6 is 0 Å². The molecule has 1 aromatic heterocycles. The Morgan fingerprint density at radius 2 is 1.77 bits per heavy atom. The average molecular weight is 439 g/mol. The van der Waals surface area contributed by atoms with Crippen molar-refractivity contribution in [3.05, 3.63) is 83.8 Å². The molecule has 1 heterocycles. The standard InChI is InChI=1S/C21H18FN5O3S/c22-18-5-1-2-6-19(18)27-31(29,30)17-9-7-15(8-10-17)21(28)26-13-12-25-20-16(14-23)4-3-11-24-20/h1-11,27H,12-13H2,(H,24,25)(H,26,28). The molecule has 0 unspecified atom stereocenters. The summed E-state index contributed by atoms with van der Waals surface area (Å²) in [5.74, 6) is -0.659. The van der Waals surface area contributed by atoms with E-state index in [9.17, 15) is 17.6 Å². The van der Waals surface area contributed by atoms with Gasteiger partial charge in [0.1, 0.15) is 17.7 Å². The number of carbonyl (C=O) groups excluding carboxylic acids is 1. The van der Waals surface area contributed by atoms with Crippen molar-refractivity contribution in [3.8, 4) is 6.07 Å². The second kappa shape index (κ2) is 9.69. The number of para-hydroxylation sites is 1. The molecule has 158 valence electrons. The van der Waals surface area contributed by atoms with E-state index in [2.05, 4.69) is 20.3 Å². The van der Waals surface area contributed by atoms with Crippen LogP contribution < -0.4 is 15.4 Å². The summed E-state index contributed by atoms with van der Waals surface area (Å²) in [6, 6.07) is 16.0. The molecule has 0 aliphatic carbocycles. The molecule has 31 heavy (non-hydrogen) atoms. The van der Waals surface area contributed by atoms with E-state index in [0.717, 1.165) is 6.07 Å². The molecule has 0 radical (unpaired) electrons. The van der Waals surface area contributed by atoms with Gasteiger partial charge in [-0.1, -0.05) is 12.1 Å². The first-order valence-corrected chi connectivity index (χ1v) is 10.6. The van der Waals surface area contributed by atoms with Crippen LogP contribution in [0.4, 0.5) is 15.9 Å². The minimum atomic E-state index is -4.00. The van der Waals surface area contributed by atoms with Crippen molar-refractivity contribution in [3.63, 3.8) is 0 Å². The van der Waals surface area contributed by atoms with Gasteiger partial charge in [-0.25, -0.2) is 17.8 Å². The Morgan fingerprint density at radius 1 is 1.03 bits per heavy atom. The van der Waals surface area contributed by atoms with Crippen LogP contribution in [0.25, 0.3) is 0 Å². The molecule has 3 rings (SSSR count). The van der Waals surface area contributed by atoms with E-state index >= 15 is 0 Å². The largest absolute Gasteiger partial charge is 0.367 e. The van der Waals surface area contributed by atoms with Gasteiger partial charge in [0, 0.05) is 24.8 Å². The van der Waals surface area contributed by atoms with E-state index in [1.165, 1.54) is 42.5 Å². The van der Waals surface area contributed by atoms with E-state index < -0.39 is 21.7 Å². The second-order valence-corrected chi connectivity index (χ2v) is 7.99. The van der Waals surface area contributed by atoms with E-state index in [-0.39, 0.29) is 22.7 Å². The first kappa shape index (κ1) is 21.7. The summed E-state index contributed by atoms with van der Waals surface area (Å²) in [5.41, 5.74) is 0.499. The van der Waals surface area contributed by atoms with Gasteiger partial charge in [0.25, 0.3) is 15.9 Å². The van der Waals surface area contributed by atoms with Crippen LogP contribution in [0, 0.1) is 17.1 Å². The van der Waals surface area contributed by atoms with Crippen LogP contribution in [0.3, 0.4) is 0 Å². The highest BCUT2D eigenvalue weighted by Crippen LogP contribution is 2.19. The molecule has 0 bridgehead atoms. The Bertz CT molecular complexity index is 1220. The third kappa shape index (κ3) is 5.55. The quantitative estimate of drug-likeness (QED) is 0.464. The minimum Gasteiger partial charge on any atom is -0.367 e. The van der Waals surface area contributed by atoms with E-state index in [1.54, 1.807) is 18.3 Å². The van der Waals surface area contributed by atoms with Crippen molar-refractivity contribution in [2.24, 2.45) is 0 Å². The fourth-order valence-corrected chi connectivity index (χ4v) is 3.70. The van der Waals surface area contributed by atoms with Crippen LogP contribution in [0.15, 0.2) is 71.8 Å². The topological polar surface area (TPSA) is 124 Å². The number of hydrogen-bond acceptors (Lipinski definition) is 6. The number of amides is 1. The third-order valence-corrected chi connectivity index (χ3v) is 5.56. The SMILES string of the molecule is N#Cc1cccnc1NCCNC(=O)c1ccc(S(=O)(=O)Nc2ccccc2F)cc1. The third-order valence-electron chi connectivity index (χ3n) is 4.18. The van der Waals surface area contributed by atoms with Crippen molar-refractivity contribution < 1.29 is 17.6 Å². The lowest BCUT2D eigenvalue weighted by Gasteiger charge is -2.10. The number of anilines is 2. The van der Waals surface area contributed by atoms with Crippen molar-refractivity contribution in [1.82, 2.24) is 10.3 Å². The number of sulfonamides is 1. The molecule has 0 atom stereocenters. The van der Waals surface area contributed by atoms with Crippen LogP contribution in [-0.2, 0) is 10.0 Å². The number of benzene rings is 2. The summed E-state index contributed by atoms with van der Waals surface area (Å²) in [5, 5.41) is 14.7. The van der Waals surface area contributed by atoms with Gasteiger partial charge < -0.3 is 10.6 Å². The van der Waals surface area contributed by atoms with Crippen molar-refractivity contribution in [2.75, 3.05) is 23.1 Å². The Labute approximate surface area is 178 Å².